The van der Waals surface area contributed by atoms with E-state index in [0.717, 1.165) is 44.0 Å². The normalized spacial score (nSPS) is 19.4. The van der Waals surface area contributed by atoms with Crippen LogP contribution in [0, 0.1) is 0 Å². The van der Waals surface area contributed by atoms with Crippen LogP contribution in [0.1, 0.15) is 44.0 Å². The van der Waals surface area contributed by atoms with Gasteiger partial charge in [0.2, 0.25) is 0 Å². The maximum atomic E-state index is 12.4. The molecule has 1 fully saturated rings. The summed E-state index contributed by atoms with van der Waals surface area (Å²) in [6.45, 7) is 9.75. The van der Waals surface area contributed by atoms with Crippen LogP contribution in [0.5, 0.6) is 0 Å². The number of rotatable bonds is 4. The Kier molecular flexibility index (Phi) is 5.90. The number of fused-ring (bicyclic) bond motifs is 1. The fraction of sp³-hybridized carbons (Fsp3) is 0.522. The third-order valence-electron chi connectivity index (χ3n) is 5.51. The first kappa shape index (κ1) is 20.6. The van der Waals surface area contributed by atoms with Crippen LogP contribution in [-0.2, 0) is 24.2 Å². The van der Waals surface area contributed by atoms with Gasteiger partial charge in [-0.1, -0.05) is 30.3 Å². The van der Waals surface area contributed by atoms with E-state index >= 15 is 0 Å². The molecule has 2 aromatic rings. The fourth-order valence-electron chi connectivity index (χ4n) is 4.06. The molecule has 1 unspecified atom stereocenters. The van der Waals surface area contributed by atoms with Crippen molar-refractivity contribution in [3.63, 3.8) is 0 Å². The summed E-state index contributed by atoms with van der Waals surface area (Å²) >= 11 is 0. The summed E-state index contributed by atoms with van der Waals surface area (Å²) in [6.07, 6.45) is 3.21. The first-order valence-corrected chi connectivity index (χ1v) is 10.7. The minimum Gasteiger partial charge on any atom is -0.444 e. The van der Waals surface area contributed by atoms with Crippen molar-refractivity contribution in [2.45, 2.75) is 58.3 Å². The molecule has 2 aliphatic heterocycles. The van der Waals surface area contributed by atoms with Crippen molar-refractivity contribution in [3.05, 3.63) is 53.5 Å². The Labute approximate surface area is 178 Å². The molecule has 3 heterocycles. The fourth-order valence-corrected chi connectivity index (χ4v) is 4.06. The highest BCUT2D eigenvalue weighted by Crippen LogP contribution is 2.26. The van der Waals surface area contributed by atoms with Gasteiger partial charge in [0.05, 0.1) is 5.69 Å². The Hall–Kier alpha value is -2.67. The van der Waals surface area contributed by atoms with Gasteiger partial charge in [0.15, 0.2) is 0 Å². The van der Waals surface area contributed by atoms with Crippen molar-refractivity contribution in [1.29, 1.82) is 0 Å². The molecule has 1 N–H and O–H groups in total. The number of carbonyl (C=O) groups excluding carboxylic acids is 1. The minimum atomic E-state index is -0.476. The van der Waals surface area contributed by atoms with Crippen molar-refractivity contribution in [2.75, 3.05) is 25.0 Å². The standard InChI is InChI=1S/C23H31N5O2/c1-23(2,3)30-22(29)28-12-9-18(14-28)26-21-19-15-27(11-10-20(19)24-16-25-21)13-17-7-5-4-6-8-17/h4-8,16,18H,9-15H2,1-3H3,(H,24,25,26). The second-order valence-corrected chi connectivity index (χ2v) is 9.15. The van der Waals surface area contributed by atoms with E-state index in [1.165, 1.54) is 11.1 Å². The van der Waals surface area contributed by atoms with Crippen LogP contribution in [0.4, 0.5) is 10.6 Å². The van der Waals surface area contributed by atoms with Crippen LogP contribution in [0.25, 0.3) is 0 Å². The number of nitrogens with zero attached hydrogens (tertiary/aromatic N) is 4. The molecule has 30 heavy (non-hydrogen) atoms. The summed E-state index contributed by atoms with van der Waals surface area (Å²) in [6, 6.07) is 10.7. The molecule has 2 aliphatic rings. The van der Waals surface area contributed by atoms with E-state index in [4.69, 9.17) is 4.74 Å². The molecular formula is C23H31N5O2. The number of ether oxygens (including phenoxy) is 1. The van der Waals surface area contributed by atoms with Gasteiger partial charge in [-0.15, -0.1) is 0 Å². The quantitative estimate of drug-likeness (QED) is 0.834. The van der Waals surface area contributed by atoms with Crippen molar-refractivity contribution in [2.24, 2.45) is 0 Å². The lowest BCUT2D eigenvalue weighted by atomic mass is 10.0. The third kappa shape index (κ3) is 5.08. The first-order valence-electron chi connectivity index (χ1n) is 10.7. The molecule has 4 rings (SSSR count). The summed E-state index contributed by atoms with van der Waals surface area (Å²) in [5, 5.41) is 3.57. The molecule has 0 saturated carbocycles. The first-order chi connectivity index (χ1) is 14.4. The molecule has 160 valence electrons. The molecule has 0 spiro atoms. The zero-order valence-electron chi connectivity index (χ0n) is 18.1. The molecule has 0 radical (unpaired) electrons. The SMILES string of the molecule is CC(C)(C)OC(=O)N1CCC(Nc2ncnc3c2CN(Cc2ccccc2)CC3)C1. The molecule has 7 heteroatoms. The molecule has 1 atom stereocenters. The molecule has 0 aliphatic carbocycles. The van der Waals surface area contributed by atoms with Gasteiger partial charge in [0.25, 0.3) is 0 Å². The van der Waals surface area contributed by atoms with Gasteiger partial charge in [-0.2, -0.15) is 0 Å². The average Bonchev–Trinajstić information content (AvgIpc) is 3.17. The number of likely N-dealkylation sites (tertiary alicyclic amines) is 1. The highest BCUT2D eigenvalue weighted by Gasteiger charge is 2.31. The summed E-state index contributed by atoms with van der Waals surface area (Å²) < 4.78 is 5.51. The van der Waals surface area contributed by atoms with E-state index < -0.39 is 5.60 Å². The molecule has 1 aromatic heterocycles. The van der Waals surface area contributed by atoms with Crippen LogP contribution < -0.4 is 5.32 Å². The summed E-state index contributed by atoms with van der Waals surface area (Å²) in [5.41, 5.74) is 3.14. The smallest absolute Gasteiger partial charge is 0.410 e. The van der Waals surface area contributed by atoms with Gasteiger partial charge in [-0.25, -0.2) is 14.8 Å². The number of aromatic nitrogens is 2. The van der Waals surface area contributed by atoms with E-state index in [0.29, 0.717) is 13.1 Å². The van der Waals surface area contributed by atoms with Gasteiger partial charge in [-0.05, 0) is 32.8 Å². The molecule has 1 saturated heterocycles. The monoisotopic (exact) mass is 409 g/mol. The Bertz CT molecular complexity index is 881. The lowest BCUT2D eigenvalue weighted by molar-refractivity contribution is 0.0293. The number of nitrogens with one attached hydrogen (secondary N) is 1. The largest absolute Gasteiger partial charge is 0.444 e. The van der Waals surface area contributed by atoms with Gasteiger partial charge in [-0.3, -0.25) is 4.90 Å². The van der Waals surface area contributed by atoms with Crippen molar-refractivity contribution >= 4 is 11.9 Å². The lowest BCUT2D eigenvalue weighted by Gasteiger charge is -2.30. The van der Waals surface area contributed by atoms with Crippen LogP contribution >= 0.6 is 0 Å². The molecule has 0 bridgehead atoms. The Morgan fingerprint density at radius 1 is 1.20 bits per heavy atom. The Morgan fingerprint density at radius 2 is 2.00 bits per heavy atom. The van der Waals surface area contributed by atoms with Gasteiger partial charge < -0.3 is 15.0 Å². The van der Waals surface area contributed by atoms with Gasteiger partial charge in [0.1, 0.15) is 17.7 Å². The van der Waals surface area contributed by atoms with Crippen LogP contribution in [0.15, 0.2) is 36.7 Å². The molecule has 1 amide bonds. The molecule has 7 nitrogen and oxygen atoms in total. The van der Waals surface area contributed by atoms with Crippen molar-refractivity contribution in [3.8, 4) is 0 Å². The highest BCUT2D eigenvalue weighted by atomic mass is 16.6. The average molecular weight is 410 g/mol. The summed E-state index contributed by atoms with van der Waals surface area (Å²) in [5.74, 6) is 0.897. The second kappa shape index (κ2) is 8.60. The zero-order valence-corrected chi connectivity index (χ0v) is 18.1. The lowest BCUT2D eigenvalue weighted by Crippen LogP contribution is -2.37. The van der Waals surface area contributed by atoms with Crippen molar-refractivity contribution in [1.82, 2.24) is 19.8 Å². The highest BCUT2D eigenvalue weighted by molar-refractivity contribution is 5.68. The van der Waals surface area contributed by atoms with E-state index in [2.05, 4.69) is 44.5 Å². The predicted molar refractivity (Wildman–Crippen MR) is 116 cm³/mol. The summed E-state index contributed by atoms with van der Waals surface area (Å²) in [7, 11) is 0. The number of carbonyl (C=O) groups is 1. The second-order valence-electron chi connectivity index (χ2n) is 9.15. The Balaban J connectivity index is 1.40. The number of hydrogen-bond acceptors (Lipinski definition) is 6. The predicted octanol–water partition coefficient (Wildman–Crippen LogP) is 3.46. The third-order valence-corrected chi connectivity index (χ3v) is 5.51. The maximum Gasteiger partial charge on any atom is 0.410 e. The molecule has 1 aromatic carbocycles. The van der Waals surface area contributed by atoms with Crippen molar-refractivity contribution < 1.29 is 9.53 Å². The van der Waals surface area contributed by atoms with Crippen LogP contribution in [0.2, 0.25) is 0 Å². The topological polar surface area (TPSA) is 70.6 Å². The van der Waals surface area contributed by atoms with Crippen LogP contribution in [-0.4, -0.2) is 57.1 Å². The molecular weight excluding hydrogens is 378 g/mol. The van der Waals surface area contributed by atoms with E-state index in [1.807, 2.05) is 26.8 Å². The number of hydrogen-bond donors (Lipinski definition) is 1. The summed E-state index contributed by atoms with van der Waals surface area (Å²) in [4.78, 5) is 25.6. The number of amides is 1. The van der Waals surface area contributed by atoms with E-state index in [9.17, 15) is 4.79 Å². The maximum absolute atomic E-state index is 12.4. The van der Waals surface area contributed by atoms with E-state index in [-0.39, 0.29) is 12.1 Å². The van der Waals surface area contributed by atoms with E-state index in [1.54, 1.807) is 11.2 Å². The number of benzene rings is 1. The van der Waals surface area contributed by atoms with Gasteiger partial charge in [0, 0.05) is 50.7 Å². The minimum absolute atomic E-state index is 0.168. The van der Waals surface area contributed by atoms with Crippen LogP contribution in [0.3, 0.4) is 0 Å². The Morgan fingerprint density at radius 3 is 2.77 bits per heavy atom. The van der Waals surface area contributed by atoms with Gasteiger partial charge >= 0.3 is 6.09 Å². The number of anilines is 1. The zero-order chi connectivity index (χ0) is 21.1.